The van der Waals surface area contributed by atoms with E-state index in [9.17, 15) is 0 Å². The molecule has 0 amide bonds. The average molecular weight is 274 g/mol. The standard InChI is InChI=1S/C14H12ClN3O/c15-13-5-12(7-16)6-14(18-13)17-8-10-1-3-11(9-19)4-2-10/h1-6,19H,8-9H2,(H,17,18). The Balaban J connectivity index is 2.05. The van der Waals surface area contributed by atoms with Gasteiger partial charge in [-0.1, -0.05) is 35.9 Å². The Morgan fingerprint density at radius 2 is 1.89 bits per heavy atom. The zero-order valence-electron chi connectivity index (χ0n) is 10.1. The number of rotatable bonds is 4. The summed E-state index contributed by atoms with van der Waals surface area (Å²) in [6, 6.07) is 12.8. The highest BCUT2D eigenvalue weighted by Gasteiger charge is 2.01. The summed E-state index contributed by atoms with van der Waals surface area (Å²) in [5.41, 5.74) is 2.40. The fraction of sp³-hybridized carbons (Fsp3) is 0.143. The number of aromatic nitrogens is 1. The lowest BCUT2D eigenvalue weighted by molar-refractivity contribution is 0.282. The smallest absolute Gasteiger partial charge is 0.132 e. The predicted molar refractivity (Wildman–Crippen MR) is 73.7 cm³/mol. The van der Waals surface area contributed by atoms with Crippen LogP contribution in [0.5, 0.6) is 0 Å². The van der Waals surface area contributed by atoms with Crippen molar-refractivity contribution in [3.63, 3.8) is 0 Å². The van der Waals surface area contributed by atoms with Crippen LogP contribution in [0.3, 0.4) is 0 Å². The van der Waals surface area contributed by atoms with E-state index < -0.39 is 0 Å². The molecule has 0 saturated heterocycles. The van der Waals surface area contributed by atoms with Crippen LogP contribution in [-0.4, -0.2) is 10.1 Å². The van der Waals surface area contributed by atoms with Gasteiger partial charge in [0.05, 0.1) is 18.2 Å². The van der Waals surface area contributed by atoms with Gasteiger partial charge in [-0.3, -0.25) is 0 Å². The topological polar surface area (TPSA) is 68.9 Å². The summed E-state index contributed by atoms with van der Waals surface area (Å²) in [6.07, 6.45) is 0. The highest BCUT2D eigenvalue weighted by atomic mass is 35.5. The van der Waals surface area contributed by atoms with Crippen molar-refractivity contribution in [2.45, 2.75) is 13.2 Å². The summed E-state index contributed by atoms with van der Waals surface area (Å²) < 4.78 is 0. The van der Waals surface area contributed by atoms with Gasteiger partial charge in [-0.2, -0.15) is 5.26 Å². The fourth-order valence-corrected chi connectivity index (χ4v) is 1.82. The number of nitrogens with one attached hydrogen (secondary N) is 1. The van der Waals surface area contributed by atoms with E-state index in [1.807, 2.05) is 30.3 Å². The Kier molecular flexibility index (Phi) is 4.35. The lowest BCUT2D eigenvalue weighted by Crippen LogP contribution is -2.02. The van der Waals surface area contributed by atoms with Gasteiger partial charge < -0.3 is 10.4 Å². The van der Waals surface area contributed by atoms with E-state index in [1.165, 1.54) is 6.07 Å². The van der Waals surface area contributed by atoms with Crippen LogP contribution in [0.1, 0.15) is 16.7 Å². The Morgan fingerprint density at radius 3 is 2.53 bits per heavy atom. The number of aliphatic hydroxyl groups excluding tert-OH is 1. The number of pyridine rings is 1. The monoisotopic (exact) mass is 273 g/mol. The number of anilines is 1. The van der Waals surface area contributed by atoms with E-state index in [2.05, 4.69) is 10.3 Å². The molecule has 0 bridgehead atoms. The Hall–Kier alpha value is -2.09. The summed E-state index contributed by atoms with van der Waals surface area (Å²) in [7, 11) is 0. The molecule has 2 aromatic rings. The van der Waals surface area contributed by atoms with Gasteiger partial charge in [-0.05, 0) is 23.3 Å². The molecule has 0 radical (unpaired) electrons. The van der Waals surface area contributed by atoms with Gasteiger partial charge in [0.2, 0.25) is 0 Å². The zero-order chi connectivity index (χ0) is 13.7. The second-order valence-corrected chi connectivity index (χ2v) is 4.39. The van der Waals surface area contributed by atoms with Crippen LogP contribution in [-0.2, 0) is 13.2 Å². The summed E-state index contributed by atoms with van der Waals surface area (Å²) in [6.45, 7) is 0.610. The quantitative estimate of drug-likeness (QED) is 0.841. The molecule has 0 fully saturated rings. The number of hydrogen-bond acceptors (Lipinski definition) is 4. The van der Waals surface area contributed by atoms with E-state index in [4.69, 9.17) is 22.0 Å². The van der Waals surface area contributed by atoms with Crippen molar-refractivity contribution < 1.29 is 5.11 Å². The SMILES string of the molecule is N#Cc1cc(Cl)nc(NCc2ccc(CO)cc2)c1. The Labute approximate surface area is 116 Å². The lowest BCUT2D eigenvalue weighted by Gasteiger charge is -2.07. The third-order valence-corrected chi connectivity index (χ3v) is 2.80. The summed E-state index contributed by atoms with van der Waals surface area (Å²) in [4.78, 5) is 4.09. The predicted octanol–water partition coefficient (Wildman–Crippen LogP) is 2.71. The minimum Gasteiger partial charge on any atom is -0.392 e. The van der Waals surface area contributed by atoms with Gasteiger partial charge in [0, 0.05) is 6.54 Å². The van der Waals surface area contributed by atoms with Crippen LogP contribution in [0.2, 0.25) is 5.15 Å². The van der Waals surface area contributed by atoms with E-state index in [0.29, 0.717) is 17.9 Å². The van der Waals surface area contributed by atoms with Crippen LogP contribution >= 0.6 is 11.6 Å². The van der Waals surface area contributed by atoms with E-state index >= 15 is 0 Å². The number of benzene rings is 1. The molecule has 0 aliphatic carbocycles. The molecule has 4 nitrogen and oxygen atoms in total. The van der Waals surface area contributed by atoms with Crippen molar-refractivity contribution in [2.75, 3.05) is 5.32 Å². The first kappa shape index (κ1) is 13.3. The molecule has 0 saturated carbocycles. The molecule has 1 aromatic carbocycles. The number of nitriles is 1. The van der Waals surface area contributed by atoms with Crippen LogP contribution in [0.4, 0.5) is 5.82 Å². The molecule has 0 unspecified atom stereocenters. The molecule has 1 heterocycles. The minimum absolute atomic E-state index is 0.0368. The van der Waals surface area contributed by atoms with E-state index in [0.717, 1.165) is 11.1 Å². The lowest BCUT2D eigenvalue weighted by atomic mass is 10.1. The second-order valence-electron chi connectivity index (χ2n) is 4.00. The fourth-order valence-electron chi connectivity index (χ4n) is 1.61. The number of aliphatic hydroxyl groups is 1. The Morgan fingerprint density at radius 1 is 1.21 bits per heavy atom. The number of nitrogens with zero attached hydrogens (tertiary/aromatic N) is 2. The first-order valence-corrected chi connectivity index (χ1v) is 6.09. The molecular weight excluding hydrogens is 262 g/mol. The molecule has 0 spiro atoms. The summed E-state index contributed by atoms with van der Waals surface area (Å²) in [5, 5.41) is 21.2. The Bertz CT molecular complexity index is 605. The van der Waals surface area contributed by atoms with E-state index in [1.54, 1.807) is 6.07 Å². The van der Waals surface area contributed by atoms with Crippen molar-refractivity contribution in [1.82, 2.24) is 4.98 Å². The van der Waals surface area contributed by atoms with Crippen molar-refractivity contribution >= 4 is 17.4 Å². The molecule has 96 valence electrons. The molecule has 0 aliphatic rings. The largest absolute Gasteiger partial charge is 0.392 e. The average Bonchev–Trinajstić information content (AvgIpc) is 2.45. The molecule has 2 rings (SSSR count). The van der Waals surface area contributed by atoms with Crippen molar-refractivity contribution in [3.05, 3.63) is 58.2 Å². The van der Waals surface area contributed by atoms with Gasteiger partial charge in [0.15, 0.2) is 0 Å². The third-order valence-electron chi connectivity index (χ3n) is 2.60. The van der Waals surface area contributed by atoms with Gasteiger partial charge in [-0.15, -0.1) is 0 Å². The third kappa shape index (κ3) is 3.68. The first-order chi connectivity index (χ1) is 9.21. The number of halogens is 1. The van der Waals surface area contributed by atoms with Crippen LogP contribution in [0, 0.1) is 11.3 Å². The normalized spacial score (nSPS) is 9.95. The molecule has 0 aliphatic heterocycles. The molecule has 1 aromatic heterocycles. The van der Waals surface area contributed by atoms with Crippen LogP contribution in [0.15, 0.2) is 36.4 Å². The van der Waals surface area contributed by atoms with Crippen LogP contribution in [0.25, 0.3) is 0 Å². The molecule has 2 N–H and O–H groups in total. The van der Waals surface area contributed by atoms with E-state index in [-0.39, 0.29) is 11.8 Å². The molecule has 5 heteroatoms. The minimum atomic E-state index is 0.0368. The maximum Gasteiger partial charge on any atom is 0.132 e. The van der Waals surface area contributed by atoms with Crippen molar-refractivity contribution in [1.29, 1.82) is 5.26 Å². The second kappa shape index (κ2) is 6.19. The molecule has 19 heavy (non-hydrogen) atoms. The van der Waals surface area contributed by atoms with Crippen molar-refractivity contribution in [2.24, 2.45) is 0 Å². The zero-order valence-corrected chi connectivity index (χ0v) is 10.9. The number of hydrogen-bond donors (Lipinski definition) is 2. The summed E-state index contributed by atoms with van der Waals surface area (Å²) in [5.74, 6) is 0.565. The van der Waals surface area contributed by atoms with Crippen LogP contribution < -0.4 is 5.32 Å². The molecule has 0 atom stereocenters. The molecular formula is C14H12ClN3O. The first-order valence-electron chi connectivity index (χ1n) is 5.71. The maximum absolute atomic E-state index is 8.95. The highest BCUT2D eigenvalue weighted by Crippen LogP contribution is 2.15. The van der Waals surface area contributed by atoms with Gasteiger partial charge in [0.1, 0.15) is 11.0 Å². The summed E-state index contributed by atoms with van der Waals surface area (Å²) >= 11 is 5.82. The van der Waals surface area contributed by atoms with Gasteiger partial charge in [-0.25, -0.2) is 4.98 Å². The van der Waals surface area contributed by atoms with Gasteiger partial charge in [0.25, 0.3) is 0 Å². The highest BCUT2D eigenvalue weighted by molar-refractivity contribution is 6.29. The van der Waals surface area contributed by atoms with Gasteiger partial charge >= 0.3 is 0 Å². The van der Waals surface area contributed by atoms with Crippen molar-refractivity contribution in [3.8, 4) is 6.07 Å². The maximum atomic E-state index is 8.95.